The largest absolute Gasteiger partial charge is 0.481 e. The SMILES string of the molecule is C[C@@]12CC[C@@H](CC(=O)C1C(=O)O)N2Cc1ccccc1. The summed E-state index contributed by atoms with van der Waals surface area (Å²) >= 11 is 0. The summed E-state index contributed by atoms with van der Waals surface area (Å²) in [5.74, 6) is -1.97. The number of carboxylic acids is 1. The lowest BCUT2D eigenvalue weighted by atomic mass is 9.78. The fourth-order valence-electron chi connectivity index (χ4n) is 3.89. The van der Waals surface area contributed by atoms with Crippen molar-refractivity contribution in [3.8, 4) is 0 Å². The normalized spacial score (nSPS) is 33.4. The third kappa shape index (κ3) is 1.95. The van der Waals surface area contributed by atoms with E-state index in [-0.39, 0.29) is 11.8 Å². The van der Waals surface area contributed by atoms with E-state index in [4.69, 9.17) is 0 Å². The van der Waals surface area contributed by atoms with Crippen LogP contribution in [-0.4, -0.2) is 33.3 Å². The first-order valence-electron chi connectivity index (χ1n) is 7.08. The van der Waals surface area contributed by atoms with Gasteiger partial charge in [-0.1, -0.05) is 30.3 Å². The Bertz CT molecular complexity index is 542. The lowest BCUT2D eigenvalue weighted by Gasteiger charge is -2.45. The third-order valence-electron chi connectivity index (χ3n) is 4.90. The molecule has 106 valence electrons. The van der Waals surface area contributed by atoms with Gasteiger partial charge < -0.3 is 5.11 Å². The molecule has 1 unspecified atom stereocenters. The van der Waals surface area contributed by atoms with Crippen molar-refractivity contribution in [3.05, 3.63) is 35.9 Å². The number of carbonyl (C=O) groups is 2. The van der Waals surface area contributed by atoms with Crippen LogP contribution in [0.15, 0.2) is 30.3 Å². The van der Waals surface area contributed by atoms with E-state index in [0.29, 0.717) is 6.42 Å². The lowest BCUT2D eigenvalue weighted by Crippen LogP contribution is -2.59. The quantitative estimate of drug-likeness (QED) is 0.857. The second-order valence-corrected chi connectivity index (χ2v) is 6.10. The van der Waals surface area contributed by atoms with Gasteiger partial charge in [0.2, 0.25) is 0 Å². The van der Waals surface area contributed by atoms with Crippen LogP contribution in [-0.2, 0) is 16.1 Å². The number of aliphatic carboxylic acids is 1. The number of nitrogens with zero attached hydrogens (tertiary/aromatic N) is 1. The van der Waals surface area contributed by atoms with Crippen LogP contribution in [0, 0.1) is 5.92 Å². The van der Waals surface area contributed by atoms with E-state index in [1.165, 1.54) is 5.56 Å². The molecular formula is C16H19NO3. The Morgan fingerprint density at radius 2 is 2.10 bits per heavy atom. The Morgan fingerprint density at radius 1 is 1.40 bits per heavy atom. The third-order valence-corrected chi connectivity index (χ3v) is 4.90. The van der Waals surface area contributed by atoms with E-state index < -0.39 is 17.4 Å². The number of Topliss-reactive ketones (excluding diaryl/α,β-unsaturated/α-hetero) is 1. The average Bonchev–Trinajstić information content (AvgIpc) is 2.62. The Labute approximate surface area is 118 Å². The number of carboxylic acid groups (broad SMARTS) is 1. The molecule has 1 aromatic carbocycles. The lowest BCUT2D eigenvalue weighted by molar-refractivity contribution is -0.156. The summed E-state index contributed by atoms with van der Waals surface area (Å²) in [6.07, 6.45) is 2.07. The summed E-state index contributed by atoms with van der Waals surface area (Å²) in [5, 5.41) is 9.43. The molecule has 2 aliphatic rings. The molecule has 2 fully saturated rings. The second kappa shape index (κ2) is 4.70. The van der Waals surface area contributed by atoms with E-state index >= 15 is 0 Å². The molecule has 0 aliphatic carbocycles. The van der Waals surface area contributed by atoms with Crippen LogP contribution in [0.3, 0.4) is 0 Å². The van der Waals surface area contributed by atoms with Crippen molar-refractivity contribution < 1.29 is 14.7 Å². The molecule has 0 spiro atoms. The van der Waals surface area contributed by atoms with E-state index in [1.54, 1.807) is 0 Å². The molecule has 1 N–H and O–H groups in total. The number of ketones is 1. The molecule has 4 heteroatoms. The Morgan fingerprint density at radius 3 is 2.75 bits per heavy atom. The smallest absolute Gasteiger partial charge is 0.315 e. The molecule has 3 rings (SSSR count). The van der Waals surface area contributed by atoms with E-state index in [2.05, 4.69) is 17.0 Å². The van der Waals surface area contributed by atoms with Crippen molar-refractivity contribution in [3.63, 3.8) is 0 Å². The number of hydrogen-bond acceptors (Lipinski definition) is 3. The van der Waals surface area contributed by atoms with Crippen molar-refractivity contribution in [2.75, 3.05) is 0 Å². The molecule has 0 amide bonds. The fraction of sp³-hybridized carbons (Fsp3) is 0.500. The minimum Gasteiger partial charge on any atom is -0.481 e. The molecule has 4 nitrogen and oxygen atoms in total. The minimum atomic E-state index is -0.976. The van der Waals surface area contributed by atoms with Crippen molar-refractivity contribution in [2.45, 2.75) is 44.3 Å². The maximum atomic E-state index is 12.1. The van der Waals surface area contributed by atoms with Gasteiger partial charge in [0.15, 0.2) is 5.78 Å². The number of piperidine rings is 1. The van der Waals surface area contributed by atoms with Gasteiger partial charge in [0.25, 0.3) is 0 Å². The van der Waals surface area contributed by atoms with E-state index in [0.717, 1.165) is 19.4 Å². The molecule has 2 heterocycles. The summed E-state index contributed by atoms with van der Waals surface area (Å²) in [7, 11) is 0. The summed E-state index contributed by atoms with van der Waals surface area (Å²) in [6.45, 7) is 2.66. The highest BCUT2D eigenvalue weighted by atomic mass is 16.4. The molecule has 0 aromatic heterocycles. The summed E-state index contributed by atoms with van der Waals surface area (Å²) in [4.78, 5) is 25.8. The second-order valence-electron chi connectivity index (χ2n) is 6.10. The Kier molecular flexibility index (Phi) is 3.13. The first-order valence-corrected chi connectivity index (χ1v) is 7.08. The standard InChI is InChI=1S/C16H19NO3/c1-16-8-7-12(9-13(18)14(16)15(19)20)17(16)10-11-5-3-2-4-6-11/h2-6,12,14H,7-10H2,1H3,(H,19,20)/t12-,14?,16+/m0/s1. The number of hydrogen-bond donors (Lipinski definition) is 1. The molecule has 0 saturated carbocycles. The number of fused-ring (bicyclic) bond motifs is 2. The van der Waals surface area contributed by atoms with Crippen molar-refractivity contribution in [1.29, 1.82) is 0 Å². The maximum Gasteiger partial charge on any atom is 0.315 e. The maximum absolute atomic E-state index is 12.1. The van der Waals surface area contributed by atoms with Crippen molar-refractivity contribution in [1.82, 2.24) is 4.90 Å². The fourth-order valence-corrected chi connectivity index (χ4v) is 3.89. The molecule has 2 bridgehead atoms. The van der Waals surface area contributed by atoms with Gasteiger partial charge in [-0.15, -0.1) is 0 Å². The minimum absolute atomic E-state index is 0.105. The monoisotopic (exact) mass is 273 g/mol. The summed E-state index contributed by atoms with van der Waals surface area (Å²) in [5.41, 5.74) is 0.630. The zero-order valence-corrected chi connectivity index (χ0v) is 11.6. The molecule has 2 aliphatic heterocycles. The molecule has 3 atom stereocenters. The van der Waals surface area contributed by atoms with Crippen molar-refractivity contribution >= 4 is 11.8 Å². The number of rotatable bonds is 3. The van der Waals surface area contributed by atoms with Crippen LogP contribution < -0.4 is 0 Å². The van der Waals surface area contributed by atoms with Crippen LogP contribution in [0.25, 0.3) is 0 Å². The van der Waals surface area contributed by atoms with Crippen LogP contribution >= 0.6 is 0 Å². The zero-order chi connectivity index (χ0) is 14.3. The molecular weight excluding hydrogens is 254 g/mol. The molecule has 0 radical (unpaired) electrons. The summed E-state index contributed by atoms with van der Waals surface area (Å²) in [6, 6.07) is 10.2. The Balaban J connectivity index is 1.92. The van der Waals surface area contributed by atoms with E-state index in [9.17, 15) is 14.7 Å². The topological polar surface area (TPSA) is 57.6 Å². The number of carbonyl (C=O) groups excluding carboxylic acids is 1. The average molecular weight is 273 g/mol. The van der Waals surface area contributed by atoms with Gasteiger partial charge in [-0.05, 0) is 25.3 Å². The van der Waals surface area contributed by atoms with Gasteiger partial charge in [0.05, 0.1) is 0 Å². The Hall–Kier alpha value is -1.68. The number of benzene rings is 1. The van der Waals surface area contributed by atoms with Crippen LogP contribution in [0.5, 0.6) is 0 Å². The highest BCUT2D eigenvalue weighted by Gasteiger charge is 2.57. The highest BCUT2D eigenvalue weighted by Crippen LogP contribution is 2.46. The van der Waals surface area contributed by atoms with Crippen LogP contribution in [0.1, 0.15) is 31.7 Å². The van der Waals surface area contributed by atoms with Gasteiger partial charge in [-0.25, -0.2) is 0 Å². The predicted octanol–water partition coefficient (Wildman–Crippen LogP) is 2.08. The van der Waals surface area contributed by atoms with Gasteiger partial charge in [-0.2, -0.15) is 0 Å². The summed E-state index contributed by atoms with van der Waals surface area (Å²) < 4.78 is 0. The molecule has 20 heavy (non-hydrogen) atoms. The zero-order valence-electron chi connectivity index (χ0n) is 11.6. The molecule has 2 saturated heterocycles. The van der Waals surface area contributed by atoms with Gasteiger partial charge in [-0.3, -0.25) is 14.5 Å². The highest BCUT2D eigenvalue weighted by molar-refractivity contribution is 6.01. The first-order chi connectivity index (χ1) is 9.52. The van der Waals surface area contributed by atoms with Gasteiger partial charge in [0, 0.05) is 24.5 Å². The van der Waals surface area contributed by atoms with Gasteiger partial charge in [0.1, 0.15) is 5.92 Å². The first kappa shape index (κ1) is 13.3. The van der Waals surface area contributed by atoms with Crippen LogP contribution in [0.4, 0.5) is 0 Å². The van der Waals surface area contributed by atoms with Gasteiger partial charge >= 0.3 is 5.97 Å². The van der Waals surface area contributed by atoms with E-state index in [1.807, 2.05) is 25.1 Å². The molecule has 1 aromatic rings. The predicted molar refractivity (Wildman–Crippen MR) is 74.2 cm³/mol. The van der Waals surface area contributed by atoms with Crippen molar-refractivity contribution in [2.24, 2.45) is 5.92 Å². The van der Waals surface area contributed by atoms with Crippen LogP contribution in [0.2, 0.25) is 0 Å².